The third-order valence-corrected chi connectivity index (χ3v) is 4.33. The molecule has 0 aromatic heterocycles. The fraction of sp³-hybridized carbons (Fsp3) is 0.500. The molecule has 6 heteroatoms. The summed E-state index contributed by atoms with van der Waals surface area (Å²) in [5.41, 5.74) is 0.904. The molecule has 1 amide bonds. The maximum absolute atomic E-state index is 14.2. The zero-order chi connectivity index (χ0) is 15.5. The first kappa shape index (κ1) is 14.6. The van der Waals surface area contributed by atoms with E-state index < -0.39 is 11.7 Å². The lowest BCUT2D eigenvalue weighted by atomic mass is 10.1. The summed E-state index contributed by atoms with van der Waals surface area (Å²) in [6.07, 6.45) is 5.03. The first-order valence-electron chi connectivity index (χ1n) is 7.67. The average Bonchev–Trinajstić information content (AvgIpc) is 3.18. The van der Waals surface area contributed by atoms with Crippen LogP contribution in [0.15, 0.2) is 18.2 Å². The fourth-order valence-electron chi connectivity index (χ4n) is 3.09. The van der Waals surface area contributed by atoms with Gasteiger partial charge in [-0.25, -0.2) is 4.39 Å². The first-order chi connectivity index (χ1) is 10.7. The molecule has 0 radical (unpaired) electrons. The molecule has 0 bridgehead atoms. The molecule has 1 atom stereocenters. The van der Waals surface area contributed by atoms with Crippen LogP contribution in [0, 0.1) is 17.3 Å². The number of nitriles is 1. The van der Waals surface area contributed by atoms with Crippen LogP contribution < -0.4 is 10.2 Å². The zero-order valence-electron chi connectivity index (χ0n) is 12.4. The van der Waals surface area contributed by atoms with Crippen LogP contribution in [0.3, 0.4) is 0 Å². The van der Waals surface area contributed by atoms with Gasteiger partial charge >= 0.3 is 0 Å². The second-order valence-corrected chi connectivity index (χ2v) is 5.86. The molecule has 1 aromatic carbocycles. The van der Waals surface area contributed by atoms with E-state index in [4.69, 9.17) is 5.26 Å². The van der Waals surface area contributed by atoms with E-state index in [-0.39, 0.29) is 11.6 Å². The Hall–Kier alpha value is -2.29. The number of hydrogen-bond donors (Lipinski definition) is 1. The SMILES string of the molecule is N#CN1CC[C@@H](NC(=O)c2ccc(N3CCCC3)cc2F)C1. The van der Waals surface area contributed by atoms with Crippen molar-refractivity contribution in [1.29, 1.82) is 5.26 Å². The number of halogens is 1. The van der Waals surface area contributed by atoms with Gasteiger partial charge in [-0.15, -0.1) is 0 Å². The molecule has 5 nitrogen and oxygen atoms in total. The average molecular weight is 302 g/mol. The van der Waals surface area contributed by atoms with E-state index in [1.165, 1.54) is 6.07 Å². The number of amides is 1. The zero-order valence-corrected chi connectivity index (χ0v) is 12.4. The number of hydrogen-bond acceptors (Lipinski definition) is 4. The summed E-state index contributed by atoms with van der Waals surface area (Å²) >= 11 is 0. The standard InChI is InChI=1S/C16H19FN4O/c17-15-9-13(21-6-1-2-7-21)3-4-14(15)16(22)19-12-5-8-20(10-12)11-18/h3-4,9,12H,1-2,5-8,10H2,(H,19,22)/t12-/m1/s1. The van der Waals surface area contributed by atoms with Crippen molar-refractivity contribution in [1.82, 2.24) is 10.2 Å². The molecule has 0 aliphatic carbocycles. The van der Waals surface area contributed by atoms with Gasteiger partial charge in [0.2, 0.25) is 0 Å². The van der Waals surface area contributed by atoms with Gasteiger partial charge in [-0.2, -0.15) is 5.26 Å². The van der Waals surface area contributed by atoms with Gasteiger partial charge < -0.3 is 15.1 Å². The maximum Gasteiger partial charge on any atom is 0.254 e. The van der Waals surface area contributed by atoms with E-state index in [2.05, 4.69) is 16.4 Å². The van der Waals surface area contributed by atoms with E-state index in [1.807, 2.05) is 0 Å². The Bertz CT molecular complexity index is 607. The number of anilines is 1. The van der Waals surface area contributed by atoms with Crippen LogP contribution in [0.4, 0.5) is 10.1 Å². The van der Waals surface area contributed by atoms with Crippen molar-refractivity contribution in [3.05, 3.63) is 29.6 Å². The van der Waals surface area contributed by atoms with E-state index in [1.54, 1.807) is 17.0 Å². The van der Waals surface area contributed by atoms with Gasteiger partial charge in [-0.05, 0) is 37.5 Å². The fourth-order valence-corrected chi connectivity index (χ4v) is 3.09. The molecule has 2 saturated heterocycles. The van der Waals surface area contributed by atoms with Gasteiger partial charge in [0.15, 0.2) is 6.19 Å². The van der Waals surface area contributed by atoms with Crippen molar-refractivity contribution in [2.75, 3.05) is 31.1 Å². The highest BCUT2D eigenvalue weighted by Gasteiger charge is 2.24. The quantitative estimate of drug-likeness (QED) is 0.864. The number of rotatable bonds is 3. The molecule has 22 heavy (non-hydrogen) atoms. The summed E-state index contributed by atoms with van der Waals surface area (Å²) in [4.78, 5) is 15.9. The van der Waals surface area contributed by atoms with Crippen molar-refractivity contribution < 1.29 is 9.18 Å². The molecule has 1 N–H and O–H groups in total. The van der Waals surface area contributed by atoms with Crippen molar-refractivity contribution >= 4 is 11.6 Å². The summed E-state index contributed by atoms with van der Waals surface area (Å²) in [6, 6.07) is 4.70. The lowest BCUT2D eigenvalue weighted by Gasteiger charge is -2.18. The minimum Gasteiger partial charge on any atom is -0.371 e. The minimum atomic E-state index is -0.489. The number of nitrogens with one attached hydrogen (secondary N) is 1. The third kappa shape index (κ3) is 2.98. The molecule has 1 aromatic rings. The van der Waals surface area contributed by atoms with Gasteiger partial charge in [0.1, 0.15) is 5.82 Å². The number of carbonyl (C=O) groups is 1. The third-order valence-electron chi connectivity index (χ3n) is 4.33. The highest BCUT2D eigenvalue weighted by Crippen LogP contribution is 2.23. The Morgan fingerprint density at radius 3 is 2.73 bits per heavy atom. The molecular formula is C16H19FN4O. The van der Waals surface area contributed by atoms with Crippen molar-refractivity contribution in [3.63, 3.8) is 0 Å². The summed E-state index contributed by atoms with van der Waals surface area (Å²) in [7, 11) is 0. The van der Waals surface area contributed by atoms with E-state index in [9.17, 15) is 9.18 Å². The monoisotopic (exact) mass is 302 g/mol. The normalized spacial score (nSPS) is 21.0. The van der Waals surface area contributed by atoms with Crippen LogP contribution in [0.1, 0.15) is 29.6 Å². The maximum atomic E-state index is 14.2. The number of likely N-dealkylation sites (tertiary alicyclic amines) is 1. The van der Waals surface area contributed by atoms with E-state index in [0.717, 1.165) is 31.6 Å². The van der Waals surface area contributed by atoms with Crippen LogP contribution >= 0.6 is 0 Å². The second kappa shape index (κ2) is 6.22. The molecule has 2 fully saturated rings. The number of nitrogens with zero attached hydrogens (tertiary/aromatic N) is 3. The van der Waals surface area contributed by atoms with Crippen LogP contribution in [0.2, 0.25) is 0 Å². The van der Waals surface area contributed by atoms with Gasteiger partial charge in [-0.3, -0.25) is 4.79 Å². The molecule has 2 heterocycles. The predicted octanol–water partition coefficient (Wildman–Crippen LogP) is 1.71. The van der Waals surface area contributed by atoms with E-state index in [0.29, 0.717) is 19.5 Å². The molecule has 116 valence electrons. The minimum absolute atomic E-state index is 0.0679. The molecule has 0 saturated carbocycles. The largest absolute Gasteiger partial charge is 0.371 e. The van der Waals surface area contributed by atoms with Crippen molar-refractivity contribution in [2.24, 2.45) is 0 Å². The van der Waals surface area contributed by atoms with Gasteiger partial charge in [0.05, 0.1) is 5.56 Å². The van der Waals surface area contributed by atoms with Gasteiger partial charge in [0, 0.05) is 37.9 Å². The Morgan fingerprint density at radius 2 is 2.09 bits per heavy atom. The molecule has 3 rings (SSSR count). The van der Waals surface area contributed by atoms with Crippen LogP contribution in [-0.2, 0) is 0 Å². The lowest BCUT2D eigenvalue weighted by Crippen LogP contribution is -2.36. The van der Waals surface area contributed by atoms with Gasteiger partial charge in [-0.1, -0.05) is 0 Å². The van der Waals surface area contributed by atoms with Crippen molar-refractivity contribution in [3.8, 4) is 6.19 Å². The molecule has 0 spiro atoms. The molecule has 2 aliphatic rings. The smallest absolute Gasteiger partial charge is 0.254 e. The predicted molar refractivity (Wildman–Crippen MR) is 80.9 cm³/mol. The van der Waals surface area contributed by atoms with Crippen LogP contribution in [0.25, 0.3) is 0 Å². The summed E-state index contributed by atoms with van der Waals surface area (Å²) < 4.78 is 14.2. The van der Waals surface area contributed by atoms with E-state index >= 15 is 0 Å². The second-order valence-electron chi connectivity index (χ2n) is 5.86. The molecule has 2 aliphatic heterocycles. The molecular weight excluding hydrogens is 283 g/mol. The number of benzene rings is 1. The lowest BCUT2D eigenvalue weighted by molar-refractivity contribution is 0.0935. The molecule has 0 unspecified atom stereocenters. The first-order valence-corrected chi connectivity index (χ1v) is 7.67. The highest BCUT2D eigenvalue weighted by molar-refractivity contribution is 5.95. The summed E-state index contributed by atoms with van der Waals surface area (Å²) in [5, 5.41) is 11.6. The van der Waals surface area contributed by atoms with Crippen LogP contribution in [-0.4, -0.2) is 43.0 Å². The Kier molecular flexibility index (Phi) is 4.14. The van der Waals surface area contributed by atoms with Gasteiger partial charge in [0.25, 0.3) is 5.91 Å². The number of carbonyl (C=O) groups excluding carboxylic acids is 1. The van der Waals surface area contributed by atoms with Crippen LogP contribution in [0.5, 0.6) is 0 Å². The Balaban J connectivity index is 1.66. The Labute approximate surface area is 129 Å². The van der Waals surface area contributed by atoms with Crippen molar-refractivity contribution in [2.45, 2.75) is 25.3 Å². The summed E-state index contributed by atoms with van der Waals surface area (Å²) in [5.74, 6) is -0.896. The Morgan fingerprint density at radius 1 is 1.32 bits per heavy atom. The summed E-state index contributed by atoms with van der Waals surface area (Å²) in [6.45, 7) is 3.02. The highest BCUT2D eigenvalue weighted by atomic mass is 19.1. The topological polar surface area (TPSA) is 59.4 Å².